The monoisotopic (exact) mass is 420 g/mol. The number of hydrogen-bond donors (Lipinski definition) is 2. The van der Waals surface area contributed by atoms with E-state index in [2.05, 4.69) is 67.9 Å². The highest BCUT2D eigenvalue weighted by Gasteiger charge is 2.24. The van der Waals surface area contributed by atoms with Gasteiger partial charge in [-0.1, -0.05) is 20.8 Å². The smallest absolute Gasteiger partial charge is 0.225 e. The summed E-state index contributed by atoms with van der Waals surface area (Å²) in [7, 11) is 0. The van der Waals surface area contributed by atoms with Crippen LogP contribution in [0.3, 0.4) is 0 Å². The Hall–Kier alpha value is -0.530. The highest BCUT2D eigenvalue weighted by Crippen LogP contribution is 2.32. The fourth-order valence-corrected chi connectivity index (χ4v) is 3.05. The van der Waals surface area contributed by atoms with Gasteiger partial charge >= 0.3 is 0 Å². The van der Waals surface area contributed by atoms with E-state index < -0.39 is 0 Å². The molecule has 0 saturated heterocycles. The second-order valence-electron chi connectivity index (χ2n) is 6.06. The zero-order valence-electron chi connectivity index (χ0n) is 12.6. The lowest BCUT2D eigenvalue weighted by Crippen LogP contribution is -2.25. The minimum atomic E-state index is -0.0569. The molecule has 0 saturated carbocycles. The lowest BCUT2D eigenvalue weighted by molar-refractivity contribution is -0.116. The van der Waals surface area contributed by atoms with Gasteiger partial charge in [-0.3, -0.25) is 4.79 Å². The Morgan fingerprint density at radius 3 is 2.57 bits per heavy atom. The Morgan fingerprint density at radius 1 is 1.38 bits per heavy atom. The van der Waals surface area contributed by atoms with Crippen molar-refractivity contribution >= 4 is 43.6 Å². The molecule has 1 rings (SSSR count). The van der Waals surface area contributed by atoms with Crippen molar-refractivity contribution in [1.82, 2.24) is 9.97 Å². The molecule has 21 heavy (non-hydrogen) atoms. The molecule has 1 aromatic heterocycles. The summed E-state index contributed by atoms with van der Waals surface area (Å²) in [5.74, 6) is 0.806. The van der Waals surface area contributed by atoms with E-state index in [0.717, 1.165) is 12.8 Å². The standard InChI is InChI=1S/C14H22Br2N4O/c1-14(2,3)9(6-7-17)4-5-11(21)20-13-12(16)19-10(15)8-18-13/h8-9H,4-7,17H2,1-3H3,(H,18,20,21). The van der Waals surface area contributed by atoms with Crippen LogP contribution in [0.5, 0.6) is 0 Å². The molecule has 7 heteroatoms. The summed E-state index contributed by atoms with van der Waals surface area (Å²) in [6.07, 6.45) is 3.74. The number of hydrogen-bond acceptors (Lipinski definition) is 4. The maximum absolute atomic E-state index is 12.0. The Labute approximate surface area is 142 Å². The first-order chi connectivity index (χ1) is 9.74. The molecule has 1 unspecified atom stereocenters. The van der Waals surface area contributed by atoms with Crippen molar-refractivity contribution < 1.29 is 4.79 Å². The molecule has 0 aliphatic rings. The maximum Gasteiger partial charge on any atom is 0.225 e. The van der Waals surface area contributed by atoms with Crippen LogP contribution in [-0.2, 0) is 4.79 Å². The van der Waals surface area contributed by atoms with Crippen molar-refractivity contribution in [3.63, 3.8) is 0 Å². The lowest BCUT2D eigenvalue weighted by Gasteiger charge is -2.30. The second-order valence-corrected chi connectivity index (χ2v) is 7.62. The number of carbonyl (C=O) groups is 1. The molecule has 0 bridgehead atoms. The number of carbonyl (C=O) groups excluding carboxylic acids is 1. The quantitative estimate of drug-likeness (QED) is 0.733. The van der Waals surface area contributed by atoms with Crippen molar-refractivity contribution in [2.75, 3.05) is 11.9 Å². The van der Waals surface area contributed by atoms with Crippen LogP contribution in [0.4, 0.5) is 5.82 Å². The van der Waals surface area contributed by atoms with Gasteiger partial charge in [-0.05, 0) is 62.6 Å². The van der Waals surface area contributed by atoms with E-state index in [4.69, 9.17) is 5.73 Å². The number of rotatable bonds is 6. The van der Waals surface area contributed by atoms with Crippen molar-refractivity contribution in [2.45, 2.75) is 40.0 Å². The number of nitrogens with two attached hydrogens (primary N) is 1. The number of nitrogens with zero attached hydrogens (tertiary/aromatic N) is 2. The zero-order valence-corrected chi connectivity index (χ0v) is 15.8. The van der Waals surface area contributed by atoms with Gasteiger partial charge in [0, 0.05) is 6.42 Å². The molecule has 0 aliphatic carbocycles. The molecule has 0 radical (unpaired) electrons. The number of nitrogens with one attached hydrogen (secondary N) is 1. The summed E-state index contributed by atoms with van der Waals surface area (Å²) in [4.78, 5) is 20.3. The first-order valence-electron chi connectivity index (χ1n) is 6.92. The second kappa shape index (κ2) is 8.19. The molecule has 0 spiro atoms. The number of anilines is 1. The third-order valence-electron chi connectivity index (χ3n) is 3.42. The maximum atomic E-state index is 12.0. The largest absolute Gasteiger partial charge is 0.330 e. The number of amides is 1. The minimum Gasteiger partial charge on any atom is -0.330 e. The average Bonchev–Trinajstić information content (AvgIpc) is 2.36. The molecule has 0 aliphatic heterocycles. The number of halogens is 2. The molecular formula is C14H22Br2N4O. The van der Waals surface area contributed by atoms with Crippen molar-refractivity contribution in [3.8, 4) is 0 Å². The molecular weight excluding hydrogens is 400 g/mol. The SMILES string of the molecule is CC(C)(C)C(CCN)CCC(=O)Nc1ncc(Br)nc1Br. The van der Waals surface area contributed by atoms with Crippen LogP contribution in [0.25, 0.3) is 0 Å². The molecule has 5 nitrogen and oxygen atoms in total. The van der Waals surface area contributed by atoms with Crippen molar-refractivity contribution in [2.24, 2.45) is 17.1 Å². The summed E-state index contributed by atoms with van der Waals surface area (Å²) >= 11 is 6.50. The van der Waals surface area contributed by atoms with Gasteiger partial charge in [-0.15, -0.1) is 0 Å². The Balaban J connectivity index is 2.57. The van der Waals surface area contributed by atoms with E-state index in [1.54, 1.807) is 6.20 Å². The molecule has 118 valence electrons. The highest BCUT2D eigenvalue weighted by atomic mass is 79.9. The Bertz CT molecular complexity index is 488. The van der Waals surface area contributed by atoms with E-state index in [9.17, 15) is 4.79 Å². The molecule has 3 N–H and O–H groups in total. The Morgan fingerprint density at radius 2 is 2.05 bits per heavy atom. The summed E-state index contributed by atoms with van der Waals surface area (Å²) in [5.41, 5.74) is 5.81. The predicted molar refractivity (Wildman–Crippen MR) is 91.9 cm³/mol. The fraction of sp³-hybridized carbons (Fsp3) is 0.643. The van der Waals surface area contributed by atoms with Crippen LogP contribution >= 0.6 is 31.9 Å². The van der Waals surface area contributed by atoms with Gasteiger partial charge in [0.1, 0.15) is 9.21 Å². The van der Waals surface area contributed by atoms with Gasteiger partial charge in [0.15, 0.2) is 5.82 Å². The van der Waals surface area contributed by atoms with Gasteiger partial charge in [-0.25, -0.2) is 9.97 Å². The summed E-state index contributed by atoms with van der Waals surface area (Å²) in [6.45, 7) is 7.19. The van der Waals surface area contributed by atoms with Gasteiger partial charge < -0.3 is 11.1 Å². The third kappa shape index (κ3) is 6.40. The third-order valence-corrected chi connectivity index (χ3v) is 4.35. The van der Waals surface area contributed by atoms with E-state index in [0.29, 0.717) is 33.9 Å². The van der Waals surface area contributed by atoms with Crippen molar-refractivity contribution in [1.29, 1.82) is 0 Å². The van der Waals surface area contributed by atoms with Crippen LogP contribution in [-0.4, -0.2) is 22.4 Å². The minimum absolute atomic E-state index is 0.0569. The van der Waals surface area contributed by atoms with Gasteiger partial charge in [-0.2, -0.15) is 0 Å². The van der Waals surface area contributed by atoms with Gasteiger partial charge in [0.2, 0.25) is 5.91 Å². The highest BCUT2D eigenvalue weighted by molar-refractivity contribution is 9.11. The molecule has 1 amide bonds. The van der Waals surface area contributed by atoms with E-state index in [1.165, 1.54) is 0 Å². The fourth-order valence-electron chi connectivity index (χ4n) is 2.14. The summed E-state index contributed by atoms with van der Waals surface area (Å²) < 4.78 is 1.13. The first kappa shape index (κ1) is 18.5. The predicted octanol–water partition coefficient (Wildman–Crippen LogP) is 3.73. The zero-order chi connectivity index (χ0) is 16.0. The van der Waals surface area contributed by atoms with E-state index >= 15 is 0 Å². The van der Waals surface area contributed by atoms with Crippen molar-refractivity contribution in [3.05, 3.63) is 15.4 Å². The van der Waals surface area contributed by atoms with Crippen LogP contribution in [0.15, 0.2) is 15.4 Å². The number of aromatic nitrogens is 2. The molecule has 0 aromatic carbocycles. The molecule has 1 atom stereocenters. The Kier molecular flexibility index (Phi) is 7.23. The molecule has 1 aromatic rings. The van der Waals surface area contributed by atoms with Crippen LogP contribution in [0.2, 0.25) is 0 Å². The van der Waals surface area contributed by atoms with Crippen LogP contribution in [0.1, 0.15) is 40.0 Å². The summed E-state index contributed by atoms with van der Waals surface area (Å²) in [5, 5.41) is 2.77. The molecule has 0 fully saturated rings. The normalized spacial score (nSPS) is 13.0. The van der Waals surface area contributed by atoms with Gasteiger partial charge in [0.05, 0.1) is 6.20 Å². The first-order valence-corrected chi connectivity index (χ1v) is 8.50. The van der Waals surface area contributed by atoms with Crippen LogP contribution in [0, 0.1) is 11.3 Å². The van der Waals surface area contributed by atoms with Crippen LogP contribution < -0.4 is 11.1 Å². The average molecular weight is 422 g/mol. The topological polar surface area (TPSA) is 80.9 Å². The van der Waals surface area contributed by atoms with Gasteiger partial charge in [0.25, 0.3) is 0 Å². The summed E-state index contributed by atoms with van der Waals surface area (Å²) in [6, 6.07) is 0. The van der Waals surface area contributed by atoms with E-state index in [1.807, 2.05) is 0 Å². The lowest BCUT2D eigenvalue weighted by atomic mass is 9.76. The molecule has 1 heterocycles. The van der Waals surface area contributed by atoms with E-state index in [-0.39, 0.29) is 11.3 Å².